The van der Waals surface area contributed by atoms with E-state index >= 15 is 0 Å². The molecular weight excluding hydrogens is 350 g/mol. The zero-order valence-electron chi connectivity index (χ0n) is 13.8. The number of amides is 1. The lowest BCUT2D eigenvalue weighted by atomic mass is 9.97. The van der Waals surface area contributed by atoms with E-state index in [0.717, 1.165) is 27.7 Å². The van der Waals surface area contributed by atoms with Crippen LogP contribution < -0.4 is 5.32 Å². The van der Waals surface area contributed by atoms with Gasteiger partial charge in [0, 0.05) is 28.1 Å². The molecule has 0 spiro atoms. The SMILES string of the molecule is O=C(CCSc1ncnc2sc3c(c12)CCCC3)Nc1ccccc1. The molecule has 4 nitrogen and oxygen atoms in total. The fourth-order valence-electron chi connectivity index (χ4n) is 3.16. The largest absolute Gasteiger partial charge is 0.326 e. The summed E-state index contributed by atoms with van der Waals surface area (Å²) in [4.78, 5) is 23.6. The number of para-hydroxylation sites is 1. The first-order valence-electron chi connectivity index (χ1n) is 8.54. The van der Waals surface area contributed by atoms with Gasteiger partial charge in [0.25, 0.3) is 0 Å². The maximum absolute atomic E-state index is 12.1. The van der Waals surface area contributed by atoms with Crippen molar-refractivity contribution in [3.63, 3.8) is 0 Å². The third kappa shape index (κ3) is 3.70. The van der Waals surface area contributed by atoms with Crippen LogP contribution in [-0.4, -0.2) is 21.6 Å². The molecule has 1 aromatic carbocycles. The Bertz CT molecular complexity index is 892. The number of aryl methyl sites for hydroxylation is 2. The summed E-state index contributed by atoms with van der Waals surface area (Å²) in [6.07, 6.45) is 6.94. The van der Waals surface area contributed by atoms with Crippen molar-refractivity contribution in [2.45, 2.75) is 37.1 Å². The van der Waals surface area contributed by atoms with Gasteiger partial charge < -0.3 is 5.32 Å². The molecule has 2 aromatic heterocycles. The molecule has 1 aliphatic carbocycles. The lowest BCUT2D eigenvalue weighted by molar-refractivity contribution is -0.115. The van der Waals surface area contributed by atoms with Gasteiger partial charge in [-0.1, -0.05) is 18.2 Å². The van der Waals surface area contributed by atoms with E-state index < -0.39 is 0 Å². The summed E-state index contributed by atoms with van der Waals surface area (Å²) in [5, 5.41) is 5.18. The monoisotopic (exact) mass is 369 g/mol. The van der Waals surface area contributed by atoms with Gasteiger partial charge in [0.15, 0.2) is 0 Å². The number of benzene rings is 1. The number of nitrogens with zero attached hydrogens (tertiary/aromatic N) is 2. The van der Waals surface area contributed by atoms with Crippen molar-refractivity contribution in [1.29, 1.82) is 0 Å². The topological polar surface area (TPSA) is 54.9 Å². The highest BCUT2D eigenvalue weighted by atomic mass is 32.2. The average Bonchev–Trinajstić information content (AvgIpc) is 3.02. The van der Waals surface area contributed by atoms with Crippen LogP contribution in [0.1, 0.15) is 29.7 Å². The van der Waals surface area contributed by atoms with Crippen molar-refractivity contribution < 1.29 is 4.79 Å². The normalized spacial score (nSPS) is 13.6. The number of hydrogen-bond donors (Lipinski definition) is 1. The van der Waals surface area contributed by atoms with E-state index in [1.54, 1.807) is 18.1 Å². The molecule has 0 radical (unpaired) electrons. The van der Waals surface area contributed by atoms with Crippen LogP contribution in [-0.2, 0) is 17.6 Å². The molecule has 1 N–H and O–H groups in total. The zero-order chi connectivity index (χ0) is 17.1. The Morgan fingerprint density at radius 1 is 1.16 bits per heavy atom. The highest BCUT2D eigenvalue weighted by Crippen LogP contribution is 2.39. The molecule has 0 saturated heterocycles. The highest BCUT2D eigenvalue weighted by Gasteiger charge is 2.20. The third-order valence-electron chi connectivity index (χ3n) is 4.34. The number of thioether (sulfide) groups is 1. The molecular formula is C19H19N3OS2. The van der Waals surface area contributed by atoms with Crippen molar-refractivity contribution in [2.24, 2.45) is 0 Å². The van der Waals surface area contributed by atoms with E-state index in [9.17, 15) is 4.79 Å². The van der Waals surface area contributed by atoms with E-state index in [-0.39, 0.29) is 5.91 Å². The van der Waals surface area contributed by atoms with E-state index in [1.807, 2.05) is 41.7 Å². The number of anilines is 1. The Balaban J connectivity index is 1.43. The van der Waals surface area contributed by atoms with Gasteiger partial charge in [0.2, 0.25) is 5.91 Å². The summed E-state index contributed by atoms with van der Waals surface area (Å²) in [5.41, 5.74) is 2.29. The summed E-state index contributed by atoms with van der Waals surface area (Å²) in [6, 6.07) is 9.57. The van der Waals surface area contributed by atoms with Gasteiger partial charge in [-0.2, -0.15) is 0 Å². The van der Waals surface area contributed by atoms with Crippen LogP contribution in [0.3, 0.4) is 0 Å². The number of carbonyl (C=O) groups excluding carboxylic acids is 1. The Kier molecular flexibility index (Phi) is 4.99. The maximum Gasteiger partial charge on any atom is 0.225 e. The smallest absolute Gasteiger partial charge is 0.225 e. The van der Waals surface area contributed by atoms with E-state index in [1.165, 1.54) is 35.1 Å². The molecule has 0 unspecified atom stereocenters. The molecule has 0 fully saturated rings. The molecule has 3 aromatic rings. The fraction of sp³-hybridized carbons (Fsp3) is 0.316. The molecule has 0 atom stereocenters. The van der Waals surface area contributed by atoms with Gasteiger partial charge in [-0.3, -0.25) is 4.79 Å². The van der Waals surface area contributed by atoms with E-state index in [2.05, 4.69) is 15.3 Å². The van der Waals surface area contributed by atoms with Crippen LogP contribution >= 0.6 is 23.1 Å². The minimum atomic E-state index is 0.0383. The van der Waals surface area contributed by atoms with Crippen LogP contribution in [0.15, 0.2) is 41.7 Å². The summed E-state index contributed by atoms with van der Waals surface area (Å²) in [7, 11) is 0. The van der Waals surface area contributed by atoms with Gasteiger partial charge in [0.1, 0.15) is 16.2 Å². The third-order valence-corrected chi connectivity index (χ3v) is 6.53. The molecule has 128 valence electrons. The van der Waals surface area contributed by atoms with Gasteiger partial charge >= 0.3 is 0 Å². The van der Waals surface area contributed by atoms with Crippen LogP contribution in [0, 0.1) is 0 Å². The second-order valence-corrected chi connectivity index (χ2v) is 8.25. The minimum Gasteiger partial charge on any atom is -0.326 e. The molecule has 0 aliphatic heterocycles. The molecule has 1 aliphatic rings. The summed E-state index contributed by atoms with van der Waals surface area (Å²) >= 11 is 3.47. The van der Waals surface area contributed by atoms with E-state index in [4.69, 9.17) is 0 Å². The van der Waals surface area contributed by atoms with Crippen molar-refractivity contribution in [3.8, 4) is 0 Å². The Labute approximate surface area is 155 Å². The fourth-order valence-corrected chi connectivity index (χ4v) is 5.42. The first-order chi connectivity index (χ1) is 12.3. The van der Waals surface area contributed by atoms with Gasteiger partial charge in [-0.25, -0.2) is 9.97 Å². The molecule has 1 amide bonds. The minimum absolute atomic E-state index is 0.0383. The molecule has 6 heteroatoms. The van der Waals surface area contributed by atoms with Gasteiger partial charge in [-0.05, 0) is 43.4 Å². The number of fused-ring (bicyclic) bond motifs is 3. The standard InChI is InChI=1S/C19H19N3OS2/c23-16(22-13-6-2-1-3-7-13)10-11-24-18-17-14-8-4-5-9-15(14)25-19(17)21-12-20-18/h1-3,6-7,12H,4-5,8-11H2,(H,22,23). The van der Waals surface area contributed by atoms with Gasteiger partial charge in [-0.15, -0.1) is 23.1 Å². The molecule has 4 rings (SSSR count). The summed E-state index contributed by atoms with van der Waals surface area (Å²) < 4.78 is 0. The predicted octanol–water partition coefficient (Wildman–Crippen LogP) is 4.69. The molecule has 25 heavy (non-hydrogen) atoms. The first-order valence-corrected chi connectivity index (χ1v) is 10.3. The Morgan fingerprint density at radius 2 is 2.00 bits per heavy atom. The maximum atomic E-state index is 12.1. The lowest BCUT2D eigenvalue weighted by Gasteiger charge is -2.11. The molecule has 2 heterocycles. The number of carbonyl (C=O) groups is 1. The Hall–Kier alpha value is -1.92. The molecule has 0 saturated carbocycles. The van der Waals surface area contributed by atoms with Crippen molar-refractivity contribution in [1.82, 2.24) is 9.97 Å². The van der Waals surface area contributed by atoms with Crippen molar-refractivity contribution in [3.05, 3.63) is 47.1 Å². The van der Waals surface area contributed by atoms with Crippen LogP contribution in [0.4, 0.5) is 5.69 Å². The number of rotatable bonds is 5. The predicted molar refractivity (Wildman–Crippen MR) is 104 cm³/mol. The Morgan fingerprint density at radius 3 is 2.88 bits per heavy atom. The lowest BCUT2D eigenvalue weighted by Crippen LogP contribution is -2.12. The zero-order valence-corrected chi connectivity index (χ0v) is 15.5. The number of aromatic nitrogens is 2. The summed E-state index contributed by atoms with van der Waals surface area (Å²) in [6.45, 7) is 0. The summed E-state index contributed by atoms with van der Waals surface area (Å²) in [5.74, 6) is 0.756. The number of nitrogens with one attached hydrogen (secondary N) is 1. The number of hydrogen-bond acceptors (Lipinski definition) is 5. The second kappa shape index (κ2) is 7.54. The molecule has 0 bridgehead atoms. The van der Waals surface area contributed by atoms with Crippen LogP contribution in [0.2, 0.25) is 0 Å². The number of thiophene rings is 1. The van der Waals surface area contributed by atoms with Crippen molar-refractivity contribution in [2.75, 3.05) is 11.1 Å². The average molecular weight is 370 g/mol. The van der Waals surface area contributed by atoms with Crippen molar-refractivity contribution >= 4 is 44.9 Å². The first kappa shape index (κ1) is 16.5. The van der Waals surface area contributed by atoms with Crippen LogP contribution in [0.5, 0.6) is 0 Å². The second-order valence-electron chi connectivity index (χ2n) is 6.08. The van der Waals surface area contributed by atoms with Gasteiger partial charge in [0.05, 0.1) is 0 Å². The van der Waals surface area contributed by atoms with Crippen LogP contribution in [0.25, 0.3) is 10.2 Å². The van der Waals surface area contributed by atoms with E-state index in [0.29, 0.717) is 6.42 Å². The quantitative estimate of drug-likeness (QED) is 0.523. The highest BCUT2D eigenvalue weighted by molar-refractivity contribution is 7.99.